The summed E-state index contributed by atoms with van der Waals surface area (Å²) in [6.45, 7) is 7.59. The second kappa shape index (κ2) is 6.76. The van der Waals surface area contributed by atoms with Crippen LogP contribution in [0.3, 0.4) is 0 Å². The molecule has 0 bridgehead atoms. The Hall–Kier alpha value is -0.810. The summed E-state index contributed by atoms with van der Waals surface area (Å²) < 4.78 is 5.28. The van der Waals surface area contributed by atoms with Crippen molar-refractivity contribution in [1.29, 1.82) is 0 Å². The number of rotatable bonds is 5. The number of hydrogen-bond acceptors (Lipinski definition) is 4. The van der Waals surface area contributed by atoms with Gasteiger partial charge in [0.25, 0.3) is 0 Å². The Morgan fingerprint density at radius 1 is 1.20 bits per heavy atom. The molecule has 5 nitrogen and oxygen atoms in total. The van der Waals surface area contributed by atoms with Crippen LogP contribution >= 0.6 is 0 Å². The fourth-order valence-corrected chi connectivity index (χ4v) is 2.51. The van der Waals surface area contributed by atoms with Gasteiger partial charge in [-0.3, -0.25) is 0 Å². The maximum Gasteiger partial charge on any atom is 0.407 e. The van der Waals surface area contributed by atoms with Gasteiger partial charge in [-0.2, -0.15) is 0 Å². The van der Waals surface area contributed by atoms with Gasteiger partial charge >= 0.3 is 6.09 Å². The molecule has 1 aliphatic carbocycles. The van der Waals surface area contributed by atoms with Gasteiger partial charge in [0, 0.05) is 24.7 Å². The highest BCUT2D eigenvalue weighted by Gasteiger charge is 2.25. The minimum absolute atomic E-state index is 0.192. The zero-order chi connectivity index (χ0) is 14.6. The minimum atomic E-state index is -0.427. The summed E-state index contributed by atoms with van der Waals surface area (Å²) in [5.74, 6) is 0. The predicted octanol–water partition coefficient (Wildman–Crippen LogP) is 1.77. The summed E-state index contributed by atoms with van der Waals surface area (Å²) in [6, 6.07) is 1.57. The van der Waals surface area contributed by atoms with Crippen molar-refractivity contribution in [1.82, 2.24) is 16.0 Å². The highest BCUT2D eigenvalue weighted by atomic mass is 16.6. The third kappa shape index (κ3) is 6.09. The molecule has 2 fully saturated rings. The normalized spacial score (nSPS) is 27.1. The first kappa shape index (κ1) is 15.6. The highest BCUT2D eigenvalue weighted by Crippen LogP contribution is 2.19. The lowest BCUT2D eigenvalue weighted by Crippen LogP contribution is -2.51. The van der Waals surface area contributed by atoms with E-state index in [1.165, 1.54) is 19.3 Å². The van der Waals surface area contributed by atoms with E-state index in [9.17, 15) is 4.79 Å². The van der Waals surface area contributed by atoms with Crippen LogP contribution in [0.1, 0.15) is 52.9 Å². The van der Waals surface area contributed by atoms with E-state index in [1.54, 1.807) is 0 Å². The van der Waals surface area contributed by atoms with Crippen molar-refractivity contribution in [3.05, 3.63) is 0 Å². The second-order valence-corrected chi connectivity index (χ2v) is 7.04. The van der Waals surface area contributed by atoms with Gasteiger partial charge in [0.2, 0.25) is 0 Å². The van der Waals surface area contributed by atoms with Gasteiger partial charge in [0.05, 0.1) is 0 Å². The van der Waals surface area contributed by atoms with Crippen LogP contribution in [0.15, 0.2) is 0 Å². The molecular weight excluding hydrogens is 254 g/mol. The summed E-state index contributed by atoms with van der Waals surface area (Å²) in [5, 5.41) is 10.0. The first-order valence-corrected chi connectivity index (χ1v) is 7.88. The number of alkyl carbamates (subject to hydrolysis) is 1. The Labute approximate surface area is 122 Å². The smallest absolute Gasteiger partial charge is 0.407 e. The van der Waals surface area contributed by atoms with Crippen molar-refractivity contribution >= 4 is 6.09 Å². The molecule has 0 spiro atoms. The molecule has 0 radical (unpaired) electrons. The summed E-state index contributed by atoms with van der Waals surface area (Å²) >= 11 is 0. The fourth-order valence-electron chi connectivity index (χ4n) is 2.51. The Balaban J connectivity index is 1.57. The van der Waals surface area contributed by atoms with Crippen LogP contribution in [-0.2, 0) is 4.74 Å². The molecule has 1 saturated carbocycles. The van der Waals surface area contributed by atoms with Gasteiger partial charge in [0.15, 0.2) is 0 Å². The van der Waals surface area contributed by atoms with Gasteiger partial charge < -0.3 is 20.7 Å². The van der Waals surface area contributed by atoms with E-state index < -0.39 is 5.60 Å². The van der Waals surface area contributed by atoms with E-state index in [-0.39, 0.29) is 12.1 Å². The zero-order valence-electron chi connectivity index (χ0n) is 13.0. The molecule has 2 aliphatic rings. The van der Waals surface area contributed by atoms with Crippen LogP contribution in [0.4, 0.5) is 4.79 Å². The molecule has 0 aromatic heterocycles. The molecule has 5 heteroatoms. The van der Waals surface area contributed by atoms with E-state index in [0.29, 0.717) is 6.04 Å². The van der Waals surface area contributed by atoms with Gasteiger partial charge in [-0.1, -0.05) is 0 Å². The maximum absolute atomic E-state index is 11.7. The molecular formula is C15H29N3O2. The molecule has 116 valence electrons. The van der Waals surface area contributed by atoms with E-state index >= 15 is 0 Å². The number of carbonyl (C=O) groups excluding carboxylic acids is 1. The van der Waals surface area contributed by atoms with Crippen LogP contribution < -0.4 is 16.0 Å². The fraction of sp³-hybridized carbons (Fsp3) is 0.933. The molecule has 1 aliphatic heterocycles. The summed E-state index contributed by atoms with van der Waals surface area (Å²) in [5.41, 5.74) is -0.427. The van der Waals surface area contributed by atoms with Gasteiger partial charge in [-0.05, 0) is 59.4 Å². The third-order valence-electron chi connectivity index (χ3n) is 3.74. The molecule has 1 amide bonds. The monoisotopic (exact) mass is 283 g/mol. The zero-order valence-corrected chi connectivity index (χ0v) is 13.0. The predicted molar refractivity (Wildman–Crippen MR) is 79.8 cm³/mol. The molecule has 3 N–H and O–H groups in total. The van der Waals surface area contributed by atoms with Crippen molar-refractivity contribution in [3.63, 3.8) is 0 Å². The summed E-state index contributed by atoms with van der Waals surface area (Å²) in [6.07, 6.45) is 5.71. The Kier molecular flexibility index (Phi) is 5.27. The topological polar surface area (TPSA) is 62.4 Å². The Bertz CT molecular complexity index is 316. The molecule has 20 heavy (non-hydrogen) atoms. The van der Waals surface area contributed by atoms with Crippen LogP contribution in [0.25, 0.3) is 0 Å². The third-order valence-corrected chi connectivity index (χ3v) is 3.74. The molecule has 1 saturated heterocycles. The number of hydrogen-bond donors (Lipinski definition) is 3. The van der Waals surface area contributed by atoms with E-state index in [0.717, 1.165) is 32.0 Å². The largest absolute Gasteiger partial charge is 0.444 e. The first-order chi connectivity index (χ1) is 9.42. The van der Waals surface area contributed by atoms with Crippen LogP contribution in [0.5, 0.6) is 0 Å². The lowest BCUT2D eigenvalue weighted by atomic mass is 9.98. The summed E-state index contributed by atoms with van der Waals surface area (Å²) in [7, 11) is 0. The van der Waals surface area contributed by atoms with Crippen LogP contribution in [0.2, 0.25) is 0 Å². The summed E-state index contributed by atoms with van der Waals surface area (Å²) in [4.78, 5) is 11.7. The minimum Gasteiger partial charge on any atom is -0.444 e. The quantitative estimate of drug-likeness (QED) is 0.719. The van der Waals surface area contributed by atoms with Gasteiger partial charge in [0.1, 0.15) is 5.60 Å². The van der Waals surface area contributed by atoms with Crippen molar-refractivity contribution < 1.29 is 9.53 Å². The molecule has 1 heterocycles. The van der Waals surface area contributed by atoms with E-state index in [1.807, 2.05) is 20.8 Å². The van der Waals surface area contributed by atoms with E-state index in [2.05, 4.69) is 16.0 Å². The van der Waals surface area contributed by atoms with Crippen LogP contribution in [0, 0.1) is 0 Å². The number of piperidine rings is 1. The SMILES string of the molecule is CC(C)(C)OC(=O)NC1CC[C@H](CCNC2CC2)NC1. The molecule has 0 aromatic rings. The van der Waals surface area contributed by atoms with Gasteiger partial charge in [-0.15, -0.1) is 0 Å². The number of nitrogens with one attached hydrogen (secondary N) is 3. The van der Waals surface area contributed by atoms with Crippen molar-refractivity contribution in [2.75, 3.05) is 13.1 Å². The van der Waals surface area contributed by atoms with Gasteiger partial charge in [-0.25, -0.2) is 4.79 Å². The molecule has 2 atom stereocenters. The number of ether oxygens (including phenoxy) is 1. The standard InChI is InChI=1S/C15H29N3O2/c1-15(2,3)20-14(19)18-13-7-6-12(17-10-13)8-9-16-11-4-5-11/h11-13,16-17H,4-10H2,1-3H3,(H,18,19)/t12-,13?/m1/s1. The molecule has 1 unspecified atom stereocenters. The molecule has 2 rings (SSSR count). The number of amides is 1. The average molecular weight is 283 g/mol. The Morgan fingerprint density at radius 2 is 1.90 bits per heavy atom. The molecule has 0 aromatic carbocycles. The van der Waals surface area contributed by atoms with E-state index in [4.69, 9.17) is 4.74 Å². The average Bonchev–Trinajstić information content (AvgIpc) is 3.13. The van der Waals surface area contributed by atoms with Crippen LogP contribution in [-0.4, -0.2) is 42.9 Å². The highest BCUT2D eigenvalue weighted by molar-refractivity contribution is 5.68. The second-order valence-electron chi connectivity index (χ2n) is 7.04. The lowest BCUT2D eigenvalue weighted by molar-refractivity contribution is 0.0493. The van der Waals surface area contributed by atoms with Crippen molar-refractivity contribution in [2.45, 2.75) is 76.6 Å². The Morgan fingerprint density at radius 3 is 2.45 bits per heavy atom. The lowest BCUT2D eigenvalue weighted by Gasteiger charge is -2.31. The number of carbonyl (C=O) groups is 1. The van der Waals surface area contributed by atoms with Crippen molar-refractivity contribution in [2.24, 2.45) is 0 Å². The van der Waals surface area contributed by atoms with Crippen molar-refractivity contribution in [3.8, 4) is 0 Å². The maximum atomic E-state index is 11.7. The first-order valence-electron chi connectivity index (χ1n) is 7.88.